The highest BCUT2D eigenvalue weighted by Gasteiger charge is 2.19. The van der Waals surface area contributed by atoms with E-state index in [0.717, 1.165) is 6.07 Å². The van der Waals surface area contributed by atoms with E-state index in [4.69, 9.17) is 10.5 Å². The smallest absolute Gasteiger partial charge is 0.325 e. The quantitative estimate of drug-likeness (QED) is 0.674. The summed E-state index contributed by atoms with van der Waals surface area (Å²) in [6, 6.07) is 2.34. The monoisotopic (exact) mass is 332 g/mol. The van der Waals surface area contributed by atoms with Gasteiger partial charge in [-0.3, -0.25) is 9.59 Å². The Hall–Kier alpha value is -1.63. The largest absolute Gasteiger partial charge is 0.465 e. The fourth-order valence-corrected chi connectivity index (χ4v) is 1.89. The van der Waals surface area contributed by atoms with Gasteiger partial charge in [-0.15, -0.1) is 0 Å². The van der Waals surface area contributed by atoms with E-state index in [1.807, 2.05) is 0 Å². The van der Waals surface area contributed by atoms with Crippen LogP contribution in [0.5, 0.6) is 0 Å². The molecule has 0 fully saturated rings. The highest BCUT2D eigenvalue weighted by atomic mass is 79.9. The van der Waals surface area contributed by atoms with Crippen LogP contribution in [0.25, 0.3) is 0 Å². The first-order valence-electron chi connectivity index (χ1n) is 5.52. The summed E-state index contributed by atoms with van der Waals surface area (Å²) >= 11 is 3.09. The third kappa shape index (κ3) is 3.92. The Morgan fingerprint density at radius 2 is 2.11 bits per heavy atom. The van der Waals surface area contributed by atoms with Crippen LogP contribution in [0.3, 0.4) is 0 Å². The number of nitrogens with zero attached hydrogens (tertiary/aromatic N) is 1. The number of benzene rings is 1. The lowest BCUT2D eigenvalue weighted by atomic mass is 10.1. The molecule has 0 aliphatic carbocycles. The standard InChI is InChI=1S/C12H14BrFN2O3/c1-3-19-11(17)6-16(2)12(18)7-4-10(15)9(14)5-8(7)13/h4-5H,3,6,15H2,1-2H3. The van der Waals surface area contributed by atoms with Gasteiger partial charge in [0.15, 0.2) is 0 Å². The van der Waals surface area contributed by atoms with E-state index >= 15 is 0 Å². The lowest BCUT2D eigenvalue weighted by molar-refractivity contribution is -0.143. The zero-order valence-electron chi connectivity index (χ0n) is 10.6. The maximum absolute atomic E-state index is 13.2. The third-order valence-electron chi connectivity index (χ3n) is 2.34. The topological polar surface area (TPSA) is 72.6 Å². The van der Waals surface area contributed by atoms with Crippen molar-refractivity contribution < 1.29 is 18.7 Å². The number of hydrogen-bond acceptors (Lipinski definition) is 4. The van der Waals surface area contributed by atoms with E-state index in [2.05, 4.69) is 15.9 Å². The minimum Gasteiger partial charge on any atom is -0.465 e. The van der Waals surface area contributed by atoms with Gasteiger partial charge >= 0.3 is 5.97 Å². The average molecular weight is 333 g/mol. The van der Waals surface area contributed by atoms with Gasteiger partial charge in [-0.25, -0.2) is 4.39 Å². The van der Waals surface area contributed by atoms with E-state index in [0.29, 0.717) is 0 Å². The van der Waals surface area contributed by atoms with Crippen molar-refractivity contribution in [3.63, 3.8) is 0 Å². The maximum Gasteiger partial charge on any atom is 0.325 e. The molecule has 0 bridgehead atoms. The van der Waals surface area contributed by atoms with Crippen molar-refractivity contribution in [1.82, 2.24) is 4.90 Å². The molecule has 0 saturated carbocycles. The number of likely N-dealkylation sites (N-methyl/N-ethyl adjacent to an activating group) is 1. The van der Waals surface area contributed by atoms with Crippen LogP contribution in [0.2, 0.25) is 0 Å². The van der Waals surface area contributed by atoms with Crippen LogP contribution in [0.4, 0.5) is 10.1 Å². The number of nitrogen functional groups attached to an aromatic ring is 1. The summed E-state index contributed by atoms with van der Waals surface area (Å²) in [5.74, 6) is -1.58. The zero-order valence-corrected chi connectivity index (χ0v) is 12.2. The number of anilines is 1. The fourth-order valence-electron chi connectivity index (χ4n) is 1.41. The summed E-state index contributed by atoms with van der Waals surface area (Å²) in [5, 5.41) is 0. The second kappa shape index (κ2) is 6.51. The van der Waals surface area contributed by atoms with E-state index in [1.165, 1.54) is 18.0 Å². The zero-order chi connectivity index (χ0) is 14.6. The van der Waals surface area contributed by atoms with E-state index in [9.17, 15) is 14.0 Å². The normalized spacial score (nSPS) is 10.1. The van der Waals surface area contributed by atoms with Gasteiger partial charge in [0.05, 0.1) is 17.9 Å². The number of rotatable bonds is 4. The Balaban J connectivity index is 2.88. The second-order valence-corrected chi connectivity index (χ2v) is 4.67. The molecule has 5 nitrogen and oxygen atoms in total. The highest BCUT2D eigenvalue weighted by molar-refractivity contribution is 9.10. The molecule has 104 valence electrons. The number of carbonyl (C=O) groups excluding carboxylic acids is 2. The Kier molecular flexibility index (Phi) is 5.29. The summed E-state index contributed by atoms with van der Waals surface area (Å²) in [7, 11) is 1.45. The summed E-state index contributed by atoms with van der Waals surface area (Å²) < 4.78 is 18.2. The number of amides is 1. The van der Waals surface area contributed by atoms with Crippen LogP contribution in [0.1, 0.15) is 17.3 Å². The summed E-state index contributed by atoms with van der Waals surface area (Å²) in [5.41, 5.74) is 5.48. The molecule has 1 rings (SSSR count). The summed E-state index contributed by atoms with van der Waals surface area (Å²) in [6.07, 6.45) is 0. The van der Waals surface area contributed by atoms with Crippen LogP contribution in [-0.4, -0.2) is 37.0 Å². The fraction of sp³-hybridized carbons (Fsp3) is 0.333. The molecule has 19 heavy (non-hydrogen) atoms. The van der Waals surface area contributed by atoms with Crippen LogP contribution in [0.15, 0.2) is 16.6 Å². The average Bonchev–Trinajstić information content (AvgIpc) is 2.33. The van der Waals surface area contributed by atoms with Crippen LogP contribution in [0, 0.1) is 5.82 Å². The van der Waals surface area contributed by atoms with Crippen molar-refractivity contribution >= 4 is 33.5 Å². The number of halogens is 2. The van der Waals surface area contributed by atoms with Crippen molar-refractivity contribution in [2.45, 2.75) is 6.92 Å². The van der Waals surface area contributed by atoms with Crippen molar-refractivity contribution in [3.05, 3.63) is 28.0 Å². The van der Waals surface area contributed by atoms with E-state index < -0.39 is 17.7 Å². The Morgan fingerprint density at radius 3 is 2.68 bits per heavy atom. The molecule has 0 spiro atoms. The minimum absolute atomic E-state index is 0.129. The van der Waals surface area contributed by atoms with Gasteiger partial charge in [0.2, 0.25) is 0 Å². The van der Waals surface area contributed by atoms with Crippen LogP contribution in [-0.2, 0) is 9.53 Å². The molecule has 0 aliphatic rings. The van der Waals surface area contributed by atoms with Gasteiger partial charge in [-0.2, -0.15) is 0 Å². The van der Waals surface area contributed by atoms with Crippen molar-refractivity contribution in [3.8, 4) is 0 Å². The van der Waals surface area contributed by atoms with Gasteiger partial charge in [-0.1, -0.05) is 0 Å². The summed E-state index contributed by atoms with van der Waals surface area (Å²) in [6.45, 7) is 1.74. The first-order chi connectivity index (χ1) is 8.86. The van der Waals surface area contributed by atoms with Gasteiger partial charge in [-0.05, 0) is 35.0 Å². The second-order valence-electron chi connectivity index (χ2n) is 3.82. The first kappa shape index (κ1) is 15.4. The number of carbonyl (C=O) groups is 2. The predicted molar refractivity (Wildman–Crippen MR) is 72.1 cm³/mol. The Morgan fingerprint density at radius 1 is 1.47 bits per heavy atom. The van der Waals surface area contributed by atoms with E-state index in [1.54, 1.807) is 6.92 Å². The molecular weight excluding hydrogens is 319 g/mol. The van der Waals surface area contributed by atoms with Crippen molar-refractivity contribution in [2.24, 2.45) is 0 Å². The first-order valence-corrected chi connectivity index (χ1v) is 6.31. The van der Waals surface area contributed by atoms with E-state index in [-0.39, 0.29) is 28.9 Å². The Labute approximate surface area is 118 Å². The van der Waals surface area contributed by atoms with Gasteiger partial charge in [0.1, 0.15) is 12.4 Å². The third-order valence-corrected chi connectivity index (χ3v) is 2.99. The van der Waals surface area contributed by atoms with Gasteiger partial charge in [0, 0.05) is 11.5 Å². The molecule has 0 heterocycles. The maximum atomic E-state index is 13.2. The van der Waals surface area contributed by atoms with Crippen LogP contribution >= 0.6 is 15.9 Å². The molecule has 1 aromatic rings. The lowest BCUT2D eigenvalue weighted by Gasteiger charge is -2.17. The van der Waals surface area contributed by atoms with Gasteiger partial charge in [0.25, 0.3) is 5.91 Å². The predicted octanol–water partition coefficient (Wildman–Crippen LogP) is 1.81. The number of esters is 1. The molecule has 0 saturated heterocycles. The molecule has 0 radical (unpaired) electrons. The van der Waals surface area contributed by atoms with Crippen molar-refractivity contribution in [2.75, 3.05) is 25.9 Å². The summed E-state index contributed by atoms with van der Waals surface area (Å²) in [4.78, 5) is 24.5. The highest BCUT2D eigenvalue weighted by Crippen LogP contribution is 2.23. The molecular formula is C12H14BrFN2O3. The molecule has 0 aliphatic heterocycles. The molecule has 0 atom stereocenters. The molecule has 0 aromatic heterocycles. The number of nitrogens with two attached hydrogens (primary N) is 1. The molecule has 2 N–H and O–H groups in total. The lowest BCUT2D eigenvalue weighted by Crippen LogP contribution is -2.33. The number of hydrogen-bond donors (Lipinski definition) is 1. The Bertz CT molecular complexity index is 508. The van der Waals surface area contributed by atoms with Crippen LogP contribution < -0.4 is 5.73 Å². The molecule has 1 amide bonds. The van der Waals surface area contributed by atoms with Crippen molar-refractivity contribution in [1.29, 1.82) is 0 Å². The number of ether oxygens (including phenoxy) is 1. The minimum atomic E-state index is -0.614. The molecule has 7 heteroatoms. The molecule has 1 aromatic carbocycles. The van der Waals surface area contributed by atoms with Gasteiger partial charge < -0.3 is 15.4 Å². The molecule has 0 unspecified atom stereocenters. The SMILES string of the molecule is CCOC(=O)CN(C)C(=O)c1cc(N)c(F)cc1Br.